The number of carbonyl (C=O) groups is 1. The van der Waals surface area contributed by atoms with Gasteiger partial charge in [-0.05, 0) is 31.1 Å². The highest BCUT2D eigenvalue weighted by atomic mass is 19.1. The number of halogens is 1. The molecule has 0 spiro atoms. The maximum atomic E-state index is 12.0. The van der Waals surface area contributed by atoms with Gasteiger partial charge in [-0.1, -0.05) is 0 Å². The molecule has 0 aromatic rings. The van der Waals surface area contributed by atoms with E-state index in [0.717, 1.165) is 12.8 Å². The zero-order chi connectivity index (χ0) is 9.14. The van der Waals surface area contributed by atoms with Crippen LogP contribution in [-0.4, -0.2) is 23.8 Å². The SMILES string of the molecule is NC(C[C@H]1C[C@@H](CF)C1)C(=O)O. The summed E-state index contributed by atoms with van der Waals surface area (Å²) in [5, 5.41) is 8.47. The van der Waals surface area contributed by atoms with Crippen molar-refractivity contribution in [2.24, 2.45) is 17.6 Å². The predicted molar refractivity (Wildman–Crippen MR) is 42.4 cm³/mol. The van der Waals surface area contributed by atoms with E-state index < -0.39 is 12.0 Å². The summed E-state index contributed by atoms with van der Waals surface area (Å²) in [5.41, 5.74) is 5.32. The second-order valence-electron chi connectivity index (χ2n) is 3.54. The molecular weight excluding hydrogens is 161 g/mol. The molecule has 1 aliphatic carbocycles. The zero-order valence-corrected chi connectivity index (χ0v) is 6.87. The monoisotopic (exact) mass is 175 g/mol. The molecule has 1 atom stereocenters. The first-order valence-corrected chi connectivity index (χ1v) is 4.17. The van der Waals surface area contributed by atoms with Crippen molar-refractivity contribution in [1.82, 2.24) is 0 Å². The second kappa shape index (κ2) is 3.85. The van der Waals surface area contributed by atoms with Crippen LogP contribution in [0.2, 0.25) is 0 Å². The van der Waals surface area contributed by atoms with Gasteiger partial charge in [-0.15, -0.1) is 0 Å². The minimum atomic E-state index is -0.960. The largest absolute Gasteiger partial charge is 0.480 e. The van der Waals surface area contributed by atoms with E-state index in [0.29, 0.717) is 12.3 Å². The van der Waals surface area contributed by atoms with Crippen LogP contribution in [0.1, 0.15) is 19.3 Å². The van der Waals surface area contributed by atoms with Crippen LogP contribution < -0.4 is 5.73 Å². The number of hydrogen-bond donors (Lipinski definition) is 2. The first kappa shape index (κ1) is 9.45. The van der Waals surface area contributed by atoms with Crippen molar-refractivity contribution in [3.05, 3.63) is 0 Å². The van der Waals surface area contributed by atoms with Crippen molar-refractivity contribution in [3.8, 4) is 0 Å². The first-order valence-electron chi connectivity index (χ1n) is 4.17. The summed E-state index contributed by atoms with van der Waals surface area (Å²) in [6.45, 7) is -0.279. The third kappa shape index (κ3) is 2.17. The van der Waals surface area contributed by atoms with E-state index in [9.17, 15) is 9.18 Å². The molecule has 0 aliphatic heterocycles. The van der Waals surface area contributed by atoms with Gasteiger partial charge in [0.05, 0.1) is 6.67 Å². The molecule has 1 unspecified atom stereocenters. The van der Waals surface area contributed by atoms with E-state index >= 15 is 0 Å². The number of aliphatic carboxylic acids is 1. The van der Waals surface area contributed by atoms with E-state index in [1.807, 2.05) is 0 Å². The number of nitrogens with two attached hydrogens (primary N) is 1. The van der Waals surface area contributed by atoms with Gasteiger partial charge in [-0.3, -0.25) is 9.18 Å². The van der Waals surface area contributed by atoms with Crippen LogP contribution in [0.15, 0.2) is 0 Å². The summed E-state index contributed by atoms with van der Waals surface area (Å²) in [5.74, 6) is -0.466. The molecule has 1 rings (SSSR count). The van der Waals surface area contributed by atoms with Gasteiger partial charge in [0, 0.05) is 0 Å². The van der Waals surface area contributed by atoms with Gasteiger partial charge >= 0.3 is 5.97 Å². The van der Waals surface area contributed by atoms with E-state index in [2.05, 4.69) is 0 Å². The summed E-state index contributed by atoms with van der Waals surface area (Å²) in [6.07, 6.45) is 2.10. The molecule has 12 heavy (non-hydrogen) atoms. The molecule has 0 saturated heterocycles. The highest BCUT2D eigenvalue weighted by Crippen LogP contribution is 2.36. The fraction of sp³-hybridized carbons (Fsp3) is 0.875. The Morgan fingerprint density at radius 2 is 2.17 bits per heavy atom. The molecule has 3 nitrogen and oxygen atoms in total. The highest BCUT2D eigenvalue weighted by molar-refractivity contribution is 5.73. The second-order valence-corrected chi connectivity index (χ2v) is 3.54. The Bertz CT molecular complexity index is 168. The smallest absolute Gasteiger partial charge is 0.320 e. The van der Waals surface area contributed by atoms with Crippen LogP contribution in [-0.2, 0) is 4.79 Å². The molecule has 0 heterocycles. The Morgan fingerprint density at radius 3 is 2.58 bits per heavy atom. The third-order valence-corrected chi connectivity index (χ3v) is 2.46. The van der Waals surface area contributed by atoms with Crippen LogP contribution in [0.4, 0.5) is 4.39 Å². The van der Waals surface area contributed by atoms with Crippen LogP contribution in [0.3, 0.4) is 0 Å². The normalized spacial score (nSPS) is 30.8. The van der Waals surface area contributed by atoms with Gasteiger partial charge < -0.3 is 10.8 Å². The number of rotatable bonds is 4. The van der Waals surface area contributed by atoms with Crippen LogP contribution in [0.25, 0.3) is 0 Å². The van der Waals surface area contributed by atoms with E-state index in [1.165, 1.54) is 0 Å². The van der Waals surface area contributed by atoms with Crippen molar-refractivity contribution >= 4 is 5.97 Å². The molecule has 3 N–H and O–H groups in total. The van der Waals surface area contributed by atoms with Gasteiger partial charge in [0.15, 0.2) is 0 Å². The van der Waals surface area contributed by atoms with Crippen molar-refractivity contribution in [2.75, 3.05) is 6.67 Å². The van der Waals surface area contributed by atoms with Crippen molar-refractivity contribution < 1.29 is 14.3 Å². The Balaban J connectivity index is 2.14. The highest BCUT2D eigenvalue weighted by Gasteiger charge is 2.31. The molecule has 1 aliphatic rings. The van der Waals surface area contributed by atoms with Crippen LogP contribution in [0.5, 0.6) is 0 Å². The lowest BCUT2D eigenvalue weighted by Crippen LogP contribution is -2.36. The van der Waals surface area contributed by atoms with E-state index in [1.54, 1.807) is 0 Å². The lowest BCUT2D eigenvalue weighted by atomic mass is 9.73. The molecule has 0 aromatic carbocycles. The first-order chi connectivity index (χ1) is 5.63. The van der Waals surface area contributed by atoms with Crippen LogP contribution >= 0.6 is 0 Å². The minimum absolute atomic E-state index is 0.163. The summed E-state index contributed by atoms with van der Waals surface area (Å²) in [6, 6.07) is -0.768. The van der Waals surface area contributed by atoms with Gasteiger partial charge in [0.1, 0.15) is 6.04 Å². The van der Waals surface area contributed by atoms with E-state index in [-0.39, 0.29) is 12.6 Å². The van der Waals surface area contributed by atoms with Gasteiger partial charge in [0.25, 0.3) is 0 Å². The van der Waals surface area contributed by atoms with Crippen molar-refractivity contribution in [1.29, 1.82) is 0 Å². The summed E-state index contributed by atoms with van der Waals surface area (Å²) in [7, 11) is 0. The Hall–Kier alpha value is -0.640. The van der Waals surface area contributed by atoms with Crippen molar-refractivity contribution in [2.45, 2.75) is 25.3 Å². The molecule has 0 radical (unpaired) electrons. The zero-order valence-electron chi connectivity index (χ0n) is 6.87. The molecule has 0 aromatic heterocycles. The lowest BCUT2D eigenvalue weighted by molar-refractivity contribution is -0.139. The molecular formula is C8H14FNO2. The summed E-state index contributed by atoms with van der Waals surface area (Å²) in [4.78, 5) is 10.3. The molecule has 70 valence electrons. The van der Waals surface area contributed by atoms with Gasteiger partial charge in [-0.2, -0.15) is 0 Å². The maximum Gasteiger partial charge on any atom is 0.320 e. The predicted octanol–water partition coefficient (Wildman–Crippen LogP) is 0.784. The third-order valence-electron chi connectivity index (χ3n) is 2.46. The fourth-order valence-electron chi connectivity index (χ4n) is 1.65. The molecule has 1 fully saturated rings. The fourth-order valence-corrected chi connectivity index (χ4v) is 1.65. The molecule has 0 amide bonds. The Morgan fingerprint density at radius 1 is 1.58 bits per heavy atom. The molecule has 4 heteroatoms. The quantitative estimate of drug-likeness (QED) is 0.663. The van der Waals surface area contributed by atoms with Crippen molar-refractivity contribution in [3.63, 3.8) is 0 Å². The molecule has 1 saturated carbocycles. The minimum Gasteiger partial charge on any atom is -0.480 e. The summed E-state index contributed by atoms with van der Waals surface area (Å²) >= 11 is 0. The summed E-state index contributed by atoms with van der Waals surface area (Å²) < 4.78 is 12.0. The van der Waals surface area contributed by atoms with Gasteiger partial charge in [-0.25, -0.2) is 0 Å². The molecule has 0 bridgehead atoms. The van der Waals surface area contributed by atoms with Crippen LogP contribution in [0, 0.1) is 11.8 Å². The average Bonchev–Trinajstić information content (AvgIpc) is 1.94. The van der Waals surface area contributed by atoms with E-state index in [4.69, 9.17) is 10.8 Å². The van der Waals surface area contributed by atoms with Gasteiger partial charge in [0.2, 0.25) is 0 Å². The number of hydrogen-bond acceptors (Lipinski definition) is 2. The maximum absolute atomic E-state index is 12.0. The number of carboxylic acids is 1. The topological polar surface area (TPSA) is 63.3 Å². The number of alkyl halides is 1. The Labute approximate surface area is 70.7 Å². The Kier molecular flexibility index (Phi) is 3.03. The lowest BCUT2D eigenvalue weighted by Gasteiger charge is -2.34. The standard InChI is InChI=1S/C8H14FNO2/c9-4-6-1-5(2-6)3-7(10)8(11)12/h5-7H,1-4,10H2,(H,11,12)/t5-,6+,7?. The number of carboxylic acid groups (broad SMARTS) is 1. The average molecular weight is 175 g/mol.